The Labute approximate surface area is 110 Å². The van der Waals surface area contributed by atoms with E-state index in [1.807, 2.05) is 21.6 Å². The minimum Gasteiger partial charge on any atom is -0.396 e. The highest BCUT2D eigenvalue weighted by molar-refractivity contribution is 8.77. The quantitative estimate of drug-likeness (QED) is 0.615. The Morgan fingerprint density at radius 3 is 1.69 bits per heavy atom. The molecular weight excluding hydrogens is 236 g/mol. The highest BCUT2D eigenvalue weighted by atomic mass is 33.1. The monoisotopic (exact) mass is 264 g/mol. The third kappa shape index (κ3) is 8.77. The topological polar surface area (TPSA) is 20.2 Å². The molecule has 0 saturated carbocycles. The highest BCUT2D eigenvalue weighted by Crippen LogP contribution is 2.36. The maximum Gasteiger partial charge on any atom is 0.0457 e. The lowest BCUT2D eigenvalue weighted by Gasteiger charge is -2.18. The summed E-state index contributed by atoms with van der Waals surface area (Å²) in [6.45, 7) is 11.6. The summed E-state index contributed by atoms with van der Waals surface area (Å²) < 4.78 is 0. The van der Waals surface area contributed by atoms with Gasteiger partial charge in [-0.2, -0.15) is 0 Å². The molecule has 3 heteroatoms. The maximum atomic E-state index is 9.00. The van der Waals surface area contributed by atoms with Gasteiger partial charge in [-0.3, -0.25) is 0 Å². The Balaban J connectivity index is 3.62. The largest absolute Gasteiger partial charge is 0.396 e. The fraction of sp³-hybridized carbons (Fsp3) is 1.00. The molecule has 0 aromatic carbocycles. The van der Waals surface area contributed by atoms with Crippen LogP contribution >= 0.6 is 21.6 Å². The zero-order chi connectivity index (χ0) is 12.6. The summed E-state index contributed by atoms with van der Waals surface area (Å²) in [5.74, 6) is 1.28. The number of hydrogen-bond acceptors (Lipinski definition) is 3. The van der Waals surface area contributed by atoms with Crippen LogP contribution in [0.1, 0.15) is 53.9 Å². The van der Waals surface area contributed by atoms with Crippen LogP contribution in [0.3, 0.4) is 0 Å². The maximum absolute atomic E-state index is 9.00. The van der Waals surface area contributed by atoms with Crippen LogP contribution < -0.4 is 0 Å². The smallest absolute Gasteiger partial charge is 0.0457 e. The second kappa shape index (κ2) is 9.67. The molecule has 4 unspecified atom stereocenters. The number of aliphatic hydroxyl groups is 1. The van der Waals surface area contributed by atoms with E-state index in [-0.39, 0.29) is 0 Å². The van der Waals surface area contributed by atoms with Crippen LogP contribution in [0.5, 0.6) is 0 Å². The number of hydrogen-bond donors (Lipinski definition) is 1. The Hall–Kier alpha value is 0.660. The normalized spacial score (nSPS) is 19.1. The SMILES string of the molecule is CCC(C)CC(C)SSC(C)CC(C)CO. The number of rotatable bonds is 9. The molecule has 0 rings (SSSR count). The average molecular weight is 264 g/mol. The van der Waals surface area contributed by atoms with Crippen molar-refractivity contribution in [1.82, 2.24) is 0 Å². The van der Waals surface area contributed by atoms with Gasteiger partial charge in [-0.05, 0) is 24.7 Å². The second-order valence-corrected chi connectivity index (χ2v) is 8.24. The van der Waals surface area contributed by atoms with Crippen molar-refractivity contribution >= 4 is 21.6 Å². The standard InChI is InChI=1S/C13H28OS2/c1-6-10(2)7-12(4)15-16-13(5)8-11(3)9-14/h10-14H,6-9H2,1-5H3. The van der Waals surface area contributed by atoms with Crippen molar-refractivity contribution in [2.45, 2.75) is 64.4 Å². The van der Waals surface area contributed by atoms with Gasteiger partial charge >= 0.3 is 0 Å². The van der Waals surface area contributed by atoms with Crippen LogP contribution in [-0.4, -0.2) is 22.2 Å². The molecule has 0 amide bonds. The van der Waals surface area contributed by atoms with E-state index in [1.165, 1.54) is 12.8 Å². The van der Waals surface area contributed by atoms with Crippen LogP contribution in [0, 0.1) is 11.8 Å². The van der Waals surface area contributed by atoms with Crippen molar-refractivity contribution in [3.05, 3.63) is 0 Å². The first-order chi connectivity index (χ1) is 7.49. The molecule has 0 aliphatic heterocycles. The zero-order valence-corrected chi connectivity index (χ0v) is 13.0. The molecule has 0 fully saturated rings. The lowest BCUT2D eigenvalue weighted by molar-refractivity contribution is 0.231. The van der Waals surface area contributed by atoms with E-state index in [0.29, 0.717) is 17.8 Å². The summed E-state index contributed by atoms with van der Waals surface area (Å²) in [6, 6.07) is 0. The summed E-state index contributed by atoms with van der Waals surface area (Å²) in [5.41, 5.74) is 0. The third-order valence-corrected chi connectivity index (χ3v) is 6.32. The molecule has 0 aliphatic rings. The summed E-state index contributed by atoms with van der Waals surface area (Å²) in [6.07, 6.45) is 3.72. The molecular formula is C13H28OS2. The van der Waals surface area contributed by atoms with Crippen LogP contribution in [0.15, 0.2) is 0 Å². The average Bonchev–Trinajstić information content (AvgIpc) is 2.26. The van der Waals surface area contributed by atoms with Crippen molar-refractivity contribution < 1.29 is 5.11 Å². The molecule has 1 N–H and O–H groups in total. The van der Waals surface area contributed by atoms with Crippen molar-refractivity contribution in [2.24, 2.45) is 11.8 Å². The Morgan fingerprint density at radius 2 is 1.31 bits per heavy atom. The molecule has 0 radical (unpaired) electrons. The minimum absolute atomic E-state index is 0.317. The van der Waals surface area contributed by atoms with Gasteiger partial charge in [0, 0.05) is 17.1 Å². The Kier molecular flexibility index (Phi) is 10.1. The van der Waals surface area contributed by atoms with Crippen LogP contribution in [0.25, 0.3) is 0 Å². The van der Waals surface area contributed by atoms with E-state index >= 15 is 0 Å². The Morgan fingerprint density at radius 1 is 0.875 bits per heavy atom. The summed E-state index contributed by atoms with van der Waals surface area (Å²) >= 11 is 0. The second-order valence-electron chi connectivity index (χ2n) is 5.09. The van der Waals surface area contributed by atoms with Crippen LogP contribution in [0.4, 0.5) is 0 Å². The highest BCUT2D eigenvalue weighted by Gasteiger charge is 2.12. The zero-order valence-electron chi connectivity index (χ0n) is 11.4. The van der Waals surface area contributed by atoms with Gasteiger partial charge in [-0.15, -0.1) is 0 Å². The Bertz CT molecular complexity index is 146. The molecule has 16 heavy (non-hydrogen) atoms. The predicted octanol–water partition coefficient (Wildman–Crippen LogP) is 4.60. The summed E-state index contributed by atoms with van der Waals surface area (Å²) in [5, 5.41) is 10.4. The fourth-order valence-electron chi connectivity index (χ4n) is 1.64. The van der Waals surface area contributed by atoms with Crippen LogP contribution in [-0.2, 0) is 0 Å². The van der Waals surface area contributed by atoms with E-state index in [4.69, 9.17) is 5.11 Å². The summed E-state index contributed by atoms with van der Waals surface area (Å²) in [7, 11) is 4.00. The van der Waals surface area contributed by atoms with Crippen molar-refractivity contribution in [3.8, 4) is 0 Å². The van der Waals surface area contributed by atoms with Crippen molar-refractivity contribution in [2.75, 3.05) is 6.61 Å². The van der Waals surface area contributed by atoms with Gasteiger partial charge in [-0.1, -0.05) is 62.6 Å². The van der Waals surface area contributed by atoms with Gasteiger partial charge < -0.3 is 5.11 Å². The molecule has 98 valence electrons. The molecule has 0 aliphatic carbocycles. The van der Waals surface area contributed by atoms with Crippen LogP contribution in [0.2, 0.25) is 0 Å². The lowest BCUT2D eigenvalue weighted by atomic mass is 10.0. The minimum atomic E-state index is 0.317. The third-order valence-electron chi connectivity index (χ3n) is 2.86. The van der Waals surface area contributed by atoms with Gasteiger partial charge in [0.2, 0.25) is 0 Å². The van der Waals surface area contributed by atoms with E-state index in [2.05, 4.69) is 34.6 Å². The molecule has 0 bridgehead atoms. The van der Waals surface area contributed by atoms with E-state index in [1.54, 1.807) is 0 Å². The van der Waals surface area contributed by atoms with Crippen molar-refractivity contribution in [1.29, 1.82) is 0 Å². The molecule has 0 aromatic rings. The molecule has 1 nitrogen and oxygen atoms in total. The van der Waals surface area contributed by atoms with E-state index in [0.717, 1.165) is 17.6 Å². The summed E-state index contributed by atoms with van der Waals surface area (Å²) in [4.78, 5) is 0. The molecule has 0 aromatic heterocycles. The lowest BCUT2D eigenvalue weighted by Crippen LogP contribution is -2.08. The molecule has 4 atom stereocenters. The van der Waals surface area contributed by atoms with Gasteiger partial charge in [-0.25, -0.2) is 0 Å². The molecule has 0 spiro atoms. The van der Waals surface area contributed by atoms with Crippen molar-refractivity contribution in [3.63, 3.8) is 0 Å². The predicted molar refractivity (Wildman–Crippen MR) is 79.0 cm³/mol. The first-order valence-corrected chi connectivity index (χ1v) is 8.70. The molecule has 0 heterocycles. The van der Waals surface area contributed by atoms with E-state index in [9.17, 15) is 0 Å². The first-order valence-electron chi connectivity index (χ1n) is 6.42. The van der Waals surface area contributed by atoms with Gasteiger partial charge in [0.15, 0.2) is 0 Å². The van der Waals surface area contributed by atoms with E-state index < -0.39 is 0 Å². The molecule has 0 saturated heterocycles. The fourth-order valence-corrected chi connectivity index (χ4v) is 4.45. The first kappa shape index (κ1) is 16.7. The number of aliphatic hydroxyl groups excluding tert-OH is 1. The van der Waals surface area contributed by atoms with Gasteiger partial charge in [0.05, 0.1) is 0 Å². The van der Waals surface area contributed by atoms with Gasteiger partial charge in [0.1, 0.15) is 0 Å². The van der Waals surface area contributed by atoms with Gasteiger partial charge in [0.25, 0.3) is 0 Å².